The number of carbonyl (C=O) groups is 1. The predicted molar refractivity (Wildman–Crippen MR) is 148 cm³/mol. The van der Waals surface area contributed by atoms with Gasteiger partial charge in [-0.25, -0.2) is 9.78 Å². The first-order chi connectivity index (χ1) is 18.7. The first-order valence-electron chi connectivity index (χ1n) is 12.2. The normalized spacial score (nSPS) is 11.6. The molecule has 39 heavy (non-hydrogen) atoms. The number of pyridine rings is 1. The molecular formula is C30H26F3N5O. The van der Waals surface area contributed by atoms with Crippen molar-refractivity contribution < 1.29 is 18.0 Å². The second kappa shape index (κ2) is 10.6. The number of halogens is 3. The maximum Gasteiger partial charge on any atom is 0.416 e. The zero-order valence-corrected chi connectivity index (χ0v) is 21.3. The Labute approximate surface area is 223 Å². The Morgan fingerprint density at radius 3 is 2.23 bits per heavy atom. The van der Waals surface area contributed by atoms with Gasteiger partial charge in [-0.2, -0.15) is 13.2 Å². The number of alkyl halides is 3. The van der Waals surface area contributed by atoms with Crippen LogP contribution in [0.2, 0.25) is 0 Å². The van der Waals surface area contributed by atoms with E-state index in [1.807, 2.05) is 49.0 Å². The van der Waals surface area contributed by atoms with Crippen molar-refractivity contribution in [2.24, 2.45) is 0 Å². The van der Waals surface area contributed by atoms with E-state index in [0.717, 1.165) is 46.7 Å². The molecule has 2 aromatic heterocycles. The Balaban J connectivity index is 1.27. The summed E-state index contributed by atoms with van der Waals surface area (Å²) in [5.41, 5.74) is 5.74. The fourth-order valence-electron chi connectivity index (χ4n) is 4.33. The minimum absolute atomic E-state index is 0.0496. The molecule has 0 saturated carbocycles. The van der Waals surface area contributed by atoms with Crippen LogP contribution in [-0.2, 0) is 12.7 Å². The molecule has 2 amide bonds. The third-order valence-electron chi connectivity index (χ3n) is 6.19. The van der Waals surface area contributed by atoms with Gasteiger partial charge in [0.2, 0.25) is 0 Å². The summed E-state index contributed by atoms with van der Waals surface area (Å²) in [4.78, 5) is 19.0. The molecule has 3 aromatic carbocycles. The molecule has 0 radical (unpaired) electrons. The Morgan fingerprint density at radius 1 is 0.846 bits per heavy atom. The number of rotatable bonds is 6. The first-order valence-corrected chi connectivity index (χ1v) is 12.2. The maximum atomic E-state index is 12.9. The molecule has 2 N–H and O–H groups in total. The number of carbonyl (C=O) groups excluding carboxylic acids is 1. The number of imidazole rings is 1. The van der Waals surface area contributed by atoms with Gasteiger partial charge in [0.15, 0.2) is 0 Å². The third kappa shape index (κ3) is 6.10. The summed E-state index contributed by atoms with van der Waals surface area (Å²) in [7, 11) is 4.09. The summed E-state index contributed by atoms with van der Waals surface area (Å²) in [5.74, 6) is 0. The van der Waals surface area contributed by atoms with Gasteiger partial charge in [-0.15, -0.1) is 0 Å². The van der Waals surface area contributed by atoms with Crippen LogP contribution in [0.5, 0.6) is 0 Å². The van der Waals surface area contributed by atoms with Gasteiger partial charge >= 0.3 is 12.2 Å². The molecule has 0 spiro atoms. The van der Waals surface area contributed by atoms with Gasteiger partial charge in [0, 0.05) is 29.7 Å². The van der Waals surface area contributed by atoms with Crippen LogP contribution in [0.15, 0.2) is 97.3 Å². The largest absolute Gasteiger partial charge is 0.416 e. The lowest BCUT2D eigenvalue weighted by molar-refractivity contribution is -0.137. The first kappa shape index (κ1) is 26.0. The molecule has 0 aliphatic heterocycles. The lowest BCUT2D eigenvalue weighted by Crippen LogP contribution is -2.19. The van der Waals surface area contributed by atoms with E-state index in [4.69, 9.17) is 0 Å². The van der Waals surface area contributed by atoms with Crippen molar-refractivity contribution in [3.05, 3.63) is 108 Å². The second-order valence-corrected chi connectivity index (χ2v) is 9.46. The van der Waals surface area contributed by atoms with E-state index in [0.29, 0.717) is 5.69 Å². The zero-order valence-electron chi connectivity index (χ0n) is 21.3. The monoisotopic (exact) mass is 529 g/mol. The van der Waals surface area contributed by atoms with Crippen molar-refractivity contribution in [3.63, 3.8) is 0 Å². The molecule has 5 aromatic rings. The molecule has 5 rings (SSSR count). The molecular weight excluding hydrogens is 503 g/mol. The minimum atomic E-state index is -4.49. The fourth-order valence-corrected chi connectivity index (χ4v) is 4.33. The van der Waals surface area contributed by atoms with Gasteiger partial charge in [-0.05, 0) is 73.3 Å². The molecule has 198 valence electrons. The SMILES string of the molecule is CN(C)Cc1ccc(-c2ccn3c(-c4ccc(NC(=O)Nc5cccc(C(F)(F)F)c5)cc4)cnc3c2)cc1. The number of urea groups is 1. The molecule has 0 aliphatic carbocycles. The summed E-state index contributed by atoms with van der Waals surface area (Å²) >= 11 is 0. The number of aromatic nitrogens is 2. The molecule has 0 aliphatic rings. The van der Waals surface area contributed by atoms with E-state index in [9.17, 15) is 18.0 Å². The fraction of sp³-hybridized carbons (Fsp3) is 0.133. The average Bonchev–Trinajstić information content (AvgIpc) is 3.32. The lowest BCUT2D eigenvalue weighted by Gasteiger charge is -2.11. The summed E-state index contributed by atoms with van der Waals surface area (Å²) in [5, 5.41) is 5.07. The maximum absolute atomic E-state index is 12.9. The molecule has 6 nitrogen and oxygen atoms in total. The number of hydrogen-bond donors (Lipinski definition) is 2. The average molecular weight is 530 g/mol. The van der Waals surface area contributed by atoms with Crippen molar-refractivity contribution in [2.45, 2.75) is 12.7 Å². The van der Waals surface area contributed by atoms with Crippen LogP contribution in [0.4, 0.5) is 29.3 Å². The Bertz CT molecular complexity index is 1610. The molecule has 0 bridgehead atoms. The summed E-state index contributed by atoms with van der Waals surface area (Å²) in [6.45, 7) is 0.887. The van der Waals surface area contributed by atoms with E-state index in [1.54, 1.807) is 18.3 Å². The van der Waals surface area contributed by atoms with Crippen LogP contribution >= 0.6 is 0 Å². The van der Waals surface area contributed by atoms with Crippen LogP contribution in [0.25, 0.3) is 28.0 Å². The molecule has 9 heteroatoms. The standard InChI is InChI=1S/C30H26F3N5O/c1-37(2)19-20-6-8-21(9-7-20)23-14-15-38-27(18-34-28(38)16-23)22-10-12-25(13-11-22)35-29(39)36-26-5-3-4-24(17-26)30(31,32)33/h3-18H,19H2,1-2H3,(H2,35,36,39). The van der Waals surface area contributed by atoms with Gasteiger partial charge in [-0.1, -0.05) is 42.5 Å². The third-order valence-corrected chi connectivity index (χ3v) is 6.19. The van der Waals surface area contributed by atoms with Crippen LogP contribution < -0.4 is 10.6 Å². The van der Waals surface area contributed by atoms with E-state index in [1.165, 1.54) is 17.7 Å². The molecule has 2 heterocycles. The van der Waals surface area contributed by atoms with Gasteiger partial charge in [0.25, 0.3) is 0 Å². The smallest absolute Gasteiger partial charge is 0.308 e. The topological polar surface area (TPSA) is 61.7 Å². The lowest BCUT2D eigenvalue weighted by atomic mass is 10.0. The van der Waals surface area contributed by atoms with E-state index in [2.05, 4.69) is 44.8 Å². The summed E-state index contributed by atoms with van der Waals surface area (Å²) in [6, 6.07) is 23.6. The highest BCUT2D eigenvalue weighted by Gasteiger charge is 2.30. The summed E-state index contributed by atoms with van der Waals surface area (Å²) in [6.07, 6.45) is -0.710. The van der Waals surface area contributed by atoms with Crippen molar-refractivity contribution in [3.8, 4) is 22.4 Å². The van der Waals surface area contributed by atoms with Crippen molar-refractivity contribution in [1.82, 2.24) is 14.3 Å². The molecule has 0 saturated heterocycles. The molecule has 0 fully saturated rings. The van der Waals surface area contributed by atoms with E-state index >= 15 is 0 Å². The summed E-state index contributed by atoms with van der Waals surface area (Å²) < 4.78 is 40.7. The van der Waals surface area contributed by atoms with Crippen LogP contribution in [-0.4, -0.2) is 34.4 Å². The Kier molecular flexibility index (Phi) is 7.08. The van der Waals surface area contributed by atoms with E-state index < -0.39 is 17.8 Å². The molecule has 0 unspecified atom stereocenters. The van der Waals surface area contributed by atoms with Crippen molar-refractivity contribution in [2.75, 3.05) is 24.7 Å². The van der Waals surface area contributed by atoms with Gasteiger partial charge < -0.3 is 15.5 Å². The van der Waals surface area contributed by atoms with E-state index in [-0.39, 0.29) is 5.69 Å². The Hall–Kier alpha value is -4.63. The number of nitrogens with zero attached hydrogens (tertiary/aromatic N) is 3. The minimum Gasteiger partial charge on any atom is -0.308 e. The number of benzene rings is 3. The van der Waals surface area contributed by atoms with Crippen LogP contribution in [0.1, 0.15) is 11.1 Å². The zero-order chi connectivity index (χ0) is 27.6. The number of nitrogens with one attached hydrogen (secondary N) is 2. The molecule has 0 atom stereocenters. The highest BCUT2D eigenvalue weighted by atomic mass is 19.4. The van der Waals surface area contributed by atoms with Gasteiger partial charge in [-0.3, -0.25) is 4.40 Å². The highest BCUT2D eigenvalue weighted by Crippen LogP contribution is 2.31. The second-order valence-electron chi connectivity index (χ2n) is 9.46. The number of hydrogen-bond acceptors (Lipinski definition) is 3. The van der Waals surface area contributed by atoms with Crippen LogP contribution in [0.3, 0.4) is 0 Å². The van der Waals surface area contributed by atoms with Gasteiger partial charge in [0.05, 0.1) is 17.5 Å². The van der Waals surface area contributed by atoms with Crippen molar-refractivity contribution in [1.29, 1.82) is 0 Å². The predicted octanol–water partition coefficient (Wildman–Crippen LogP) is 7.39. The highest BCUT2D eigenvalue weighted by molar-refractivity contribution is 5.99. The quantitative estimate of drug-likeness (QED) is 0.241. The van der Waals surface area contributed by atoms with Crippen LogP contribution in [0, 0.1) is 0 Å². The Morgan fingerprint density at radius 2 is 1.54 bits per heavy atom. The van der Waals surface area contributed by atoms with Gasteiger partial charge in [0.1, 0.15) is 5.65 Å². The van der Waals surface area contributed by atoms with Crippen molar-refractivity contribution >= 4 is 23.1 Å². The number of anilines is 2. The number of amides is 2. The number of fused-ring (bicyclic) bond motifs is 1.